The van der Waals surface area contributed by atoms with Gasteiger partial charge in [-0.25, -0.2) is 4.79 Å². The first kappa shape index (κ1) is 21.5. The summed E-state index contributed by atoms with van der Waals surface area (Å²) in [7, 11) is 0. The van der Waals surface area contributed by atoms with Crippen molar-refractivity contribution in [3.8, 4) is 0 Å². The third-order valence-corrected chi connectivity index (χ3v) is 5.10. The van der Waals surface area contributed by atoms with Gasteiger partial charge in [-0.2, -0.15) is 0 Å². The van der Waals surface area contributed by atoms with Crippen LogP contribution in [-0.4, -0.2) is 42.3 Å². The number of rotatable bonds is 5. The van der Waals surface area contributed by atoms with Crippen molar-refractivity contribution in [2.75, 3.05) is 19.7 Å². The van der Waals surface area contributed by atoms with Crippen LogP contribution < -0.4 is 0 Å². The molecule has 0 N–H and O–H groups in total. The summed E-state index contributed by atoms with van der Waals surface area (Å²) in [5, 5.41) is 0.692. The van der Waals surface area contributed by atoms with Gasteiger partial charge in [0.1, 0.15) is 5.60 Å². The highest BCUT2D eigenvalue weighted by atomic mass is 35.5. The zero-order valence-corrected chi connectivity index (χ0v) is 17.5. The van der Waals surface area contributed by atoms with E-state index in [9.17, 15) is 9.59 Å². The molecule has 0 saturated carbocycles. The maximum absolute atomic E-state index is 12.7. The number of esters is 1. The Morgan fingerprint density at radius 3 is 2.44 bits per heavy atom. The standard InChI is InChI=1S/C21H30ClNO4/c1-5-26-18(24)21(10-9-16-7-6-8-17(22)15-16)11-13-23(14-12-21)19(25)27-20(2,3)4/h6-8,15H,5,9-14H2,1-4H3. The Morgan fingerprint density at radius 1 is 1.22 bits per heavy atom. The quantitative estimate of drug-likeness (QED) is 0.668. The molecule has 2 rings (SSSR count). The van der Waals surface area contributed by atoms with Gasteiger partial charge in [0.05, 0.1) is 12.0 Å². The van der Waals surface area contributed by atoms with Crippen LogP contribution in [-0.2, 0) is 20.7 Å². The minimum atomic E-state index is -0.573. The zero-order chi connectivity index (χ0) is 20.1. The predicted octanol–water partition coefficient (Wildman–Crippen LogP) is 4.85. The van der Waals surface area contributed by atoms with E-state index in [1.54, 1.807) is 4.90 Å². The van der Waals surface area contributed by atoms with Crippen molar-refractivity contribution in [1.29, 1.82) is 0 Å². The van der Waals surface area contributed by atoms with Crippen LogP contribution in [0.15, 0.2) is 24.3 Å². The third kappa shape index (κ3) is 6.13. The highest BCUT2D eigenvalue weighted by Gasteiger charge is 2.43. The molecule has 0 aromatic heterocycles. The van der Waals surface area contributed by atoms with Gasteiger partial charge in [0.2, 0.25) is 0 Å². The van der Waals surface area contributed by atoms with Crippen molar-refractivity contribution < 1.29 is 19.1 Å². The summed E-state index contributed by atoms with van der Waals surface area (Å²) in [5.74, 6) is -0.170. The highest BCUT2D eigenvalue weighted by molar-refractivity contribution is 6.30. The number of hydrogen-bond acceptors (Lipinski definition) is 4. The second-order valence-corrected chi connectivity index (χ2v) is 8.53. The fraction of sp³-hybridized carbons (Fsp3) is 0.619. The molecule has 1 fully saturated rings. The zero-order valence-electron chi connectivity index (χ0n) is 16.7. The summed E-state index contributed by atoms with van der Waals surface area (Å²) in [5.41, 5.74) is -0.00310. The van der Waals surface area contributed by atoms with E-state index in [4.69, 9.17) is 21.1 Å². The number of amides is 1. The number of aryl methyl sites for hydroxylation is 1. The molecule has 0 spiro atoms. The molecule has 5 nitrogen and oxygen atoms in total. The molecule has 1 saturated heterocycles. The van der Waals surface area contributed by atoms with Gasteiger partial charge < -0.3 is 14.4 Å². The van der Waals surface area contributed by atoms with Crippen LogP contribution in [0.1, 0.15) is 52.5 Å². The predicted molar refractivity (Wildman–Crippen MR) is 106 cm³/mol. The lowest BCUT2D eigenvalue weighted by atomic mass is 9.74. The molecule has 1 aliphatic heterocycles. The molecule has 0 unspecified atom stereocenters. The van der Waals surface area contributed by atoms with Crippen molar-refractivity contribution >= 4 is 23.7 Å². The molecular weight excluding hydrogens is 366 g/mol. The highest BCUT2D eigenvalue weighted by Crippen LogP contribution is 2.38. The number of benzene rings is 1. The van der Waals surface area contributed by atoms with E-state index in [0.29, 0.717) is 44.0 Å². The maximum Gasteiger partial charge on any atom is 0.410 e. The Labute approximate surface area is 167 Å². The molecule has 0 radical (unpaired) electrons. The topological polar surface area (TPSA) is 55.8 Å². The molecule has 1 heterocycles. The molecule has 1 aromatic rings. The molecule has 6 heteroatoms. The van der Waals surface area contributed by atoms with E-state index in [1.807, 2.05) is 52.0 Å². The van der Waals surface area contributed by atoms with Gasteiger partial charge >= 0.3 is 12.1 Å². The van der Waals surface area contributed by atoms with Gasteiger partial charge in [0, 0.05) is 18.1 Å². The molecule has 0 atom stereocenters. The number of likely N-dealkylation sites (tertiary alicyclic amines) is 1. The second kappa shape index (κ2) is 8.96. The first-order chi connectivity index (χ1) is 12.6. The Bertz CT molecular complexity index is 660. The Morgan fingerprint density at radius 2 is 1.89 bits per heavy atom. The lowest BCUT2D eigenvalue weighted by molar-refractivity contribution is -0.159. The average molecular weight is 396 g/mol. The number of hydrogen-bond donors (Lipinski definition) is 0. The molecule has 1 amide bonds. The van der Waals surface area contributed by atoms with Crippen molar-refractivity contribution in [2.24, 2.45) is 5.41 Å². The summed E-state index contributed by atoms with van der Waals surface area (Å²) >= 11 is 6.07. The lowest BCUT2D eigenvalue weighted by Gasteiger charge is -2.40. The summed E-state index contributed by atoms with van der Waals surface area (Å²) in [6, 6.07) is 7.70. The second-order valence-electron chi connectivity index (χ2n) is 8.10. The van der Waals surface area contributed by atoms with Crippen molar-refractivity contribution in [3.05, 3.63) is 34.9 Å². The Hall–Kier alpha value is -1.75. The van der Waals surface area contributed by atoms with Gasteiger partial charge in [0.15, 0.2) is 0 Å². The first-order valence-electron chi connectivity index (χ1n) is 9.55. The van der Waals surface area contributed by atoms with Crippen LogP contribution in [0.4, 0.5) is 4.79 Å². The van der Waals surface area contributed by atoms with E-state index < -0.39 is 11.0 Å². The summed E-state index contributed by atoms with van der Waals surface area (Å²) in [6.07, 6.45) is 2.24. The van der Waals surface area contributed by atoms with E-state index in [2.05, 4.69) is 0 Å². The monoisotopic (exact) mass is 395 g/mol. The van der Waals surface area contributed by atoms with Crippen LogP contribution in [0.2, 0.25) is 5.02 Å². The molecular formula is C21H30ClNO4. The number of carbonyl (C=O) groups excluding carboxylic acids is 2. The lowest BCUT2D eigenvalue weighted by Crippen LogP contribution is -2.48. The average Bonchev–Trinajstić information content (AvgIpc) is 2.59. The third-order valence-electron chi connectivity index (χ3n) is 4.86. The van der Waals surface area contributed by atoms with Crippen LogP contribution in [0.5, 0.6) is 0 Å². The number of piperidine rings is 1. The molecule has 0 bridgehead atoms. The molecule has 1 aromatic carbocycles. The number of ether oxygens (including phenoxy) is 2. The smallest absolute Gasteiger partial charge is 0.410 e. The number of halogens is 1. The Balaban J connectivity index is 2.05. The van der Waals surface area contributed by atoms with E-state index >= 15 is 0 Å². The molecule has 0 aliphatic carbocycles. The van der Waals surface area contributed by atoms with Crippen LogP contribution in [0.25, 0.3) is 0 Å². The SMILES string of the molecule is CCOC(=O)C1(CCc2cccc(Cl)c2)CCN(C(=O)OC(C)(C)C)CC1. The summed E-state index contributed by atoms with van der Waals surface area (Å²) < 4.78 is 10.8. The van der Waals surface area contributed by atoms with Crippen LogP contribution in [0.3, 0.4) is 0 Å². The minimum Gasteiger partial charge on any atom is -0.466 e. The van der Waals surface area contributed by atoms with Gasteiger partial charge in [-0.15, -0.1) is 0 Å². The van der Waals surface area contributed by atoms with Gasteiger partial charge in [-0.1, -0.05) is 23.7 Å². The Kier molecular flexibility index (Phi) is 7.15. The molecule has 150 valence electrons. The summed E-state index contributed by atoms with van der Waals surface area (Å²) in [4.78, 5) is 26.7. The first-order valence-corrected chi connectivity index (χ1v) is 9.92. The number of carbonyl (C=O) groups is 2. The normalized spacial score (nSPS) is 16.7. The maximum atomic E-state index is 12.7. The van der Waals surface area contributed by atoms with Gasteiger partial charge in [-0.05, 0) is 71.1 Å². The number of nitrogens with zero attached hydrogens (tertiary/aromatic N) is 1. The van der Waals surface area contributed by atoms with Gasteiger partial charge in [-0.3, -0.25) is 4.79 Å². The fourth-order valence-electron chi connectivity index (χ4n) is 3.36. The summed E-state index contributed by atoms with van der Waals surface area (Å²) in [6.45, 7) is 8.70. The van der Waals surface area contributed by atoms with Crippen molar-refractivity contribution in [1.82, 2.24) is 4.90 Å². The van der Waals surface area contributed by atoms with Crippen LogP contribution in [0, 0.1) is 5.41 Å². The van der Waals surface area contributed by atoms with Crippen LogP contribution >= 0.6 is 11.6 Å². The van der Waals surface area contributed by atoms with Crippen molar-refractivity contribution in [3.63, 3.8) is 0 Å². The van der Waals surface area contributed by atoms with E-state index in [1.165, 1.54) is 0 Å². The molecule has 27 heavy (non-hydrogen) atoms. The largest absolute Gasteiger partial charge is 0.466 e. The minimum absolute atomic E-state index is 0.170. The fourth-order valence-corrected chi connectivity index (χ4v) is 3.57. The van der Waals surface area contributed by atoms with E-state index in [-0.39, 0.29) is 12.1 Å². The van der Waals surface area contributed by atoms with E-state index in [0.717, 1.165) is 12.0 Å². The molecule has 1 aliphatic rings. The van der Waals surface area contributed by atoms with Gasteiger partial charge in [0.25, 0.3) is 0 Å². The van der Waals surface area contributed by atoms with Crippen molar-refractivity contribution in [2.45, 2.75) is 59.0 Å².